The average molecular weight is 491 g/mol. The van der Waals surface area contributed by atoms with Crippen LogP contribution in [-0.2, 0) is 9.09 Å². The summed E-state index contributed by atoms with van der Waals surface area (Å²) in [5.74, 6) is -0.571. The van der Waals surface area contributed by atoms with Gasteiger partial charge in [-0.05, 0) is 54.4 Å². The monoisotopic (exact) mass is 490 g/mol. The molecule has 7 heteroatoms. The van der Waals surface area contributed by atoms with Crippen LogP contribution in [0.1, 0.15) is 25.2 Å². The number of halogens is 2. The molecule has 2 atom stereocenters. The molecule has 32 heavy (non-hydrogen) atoms. The van der Waals surface area contributed by atoms with Gasteiger partial charge in [-0.15, -0.1) is 0 Å². The Kier molecular flexibility index (Phi) is 8.30. The van der Waals surface area contributed by atoms with E-state index in [1.165, 1.54) is 0 Å². The van der Waals surface area contributed by atoms with Crippen molar-refractivity contribution < 1.29 is 9.09 Å². The lowest BCUT2D eigenvalue weighted by molar-refractivity contribution is 0.272. The molecule has 3 aromatic rings. The second-order valence-electron chi connectivity index (χ2n) is 8.25. The Morgan fingerprint density at radius 1 is 0.906 bits per heavy atom. The number of para-hydroxylation sites is 1. The first kappa shape index (κ1) is 24.7. The molecule has 1 N–H and O–H groups in total. The second kappa shape index (κ2) is 10.8. The minimum atomic E-state index is -3.53. The van der Waals surface area contributed by atoms with Crippen LogP contribution in [-0.4, -0.2) is 20.7 Å². The van der Waals surface area contributed by atoms with Crippen LogP contribution in [0.3, 0.4) is 0 Å². The molecule has 0 saturated carbocycles. The molecule has 0 spiro atoms. The molecule has 2 unspecified atom stereocenters. The molecular weight excluding hydrogens is 462 g/mol. The molecule has 0 aliphatic heterocycles. The minimum absolute atomic E-state index is 0.198. The van der Waals surface area contributed by atoms with Crippen molar-refractivity contribution in [1.29, 1.82) is 0 Å². The molecule has 0 bridgehead atoms. The lowest BCUT2D eigenvalue weighted by Gasteiger charge is -2.31. The van der Waals surface area contributed by atoms with E-state index in [-0.39, 0.29) is 5.92 Å². The summed E-state index contributed by atoms with van der Waals surface area (Å²) in [6.45, 7) is 4.39. The lowest BCUT2D eigenvalue weighted by atomic mass is 10.2. The predicted molar refractivity (Wildman–Crippen MR) is 138 cm³/mol. The van der Waals surface area contributed by atoms with Gasteiger partial charge in [-0.3, -0.25) is 4.57 Å². The Hall–Kier alpha value is -1.97. The van der Waals surface area contributed by atoms with Gasteiger partial charge in [-0.1, -0.05) is 61.3 Å². The quantitative estimate of drug-likeness (QED) is 0.316. The molecule has 0 radical (unpaired) electrons. The third kappa shape index (κ3) is 5.68. The Morgan fingerprint density at radius 3 is 2.03 bits per heavy atom. The van der Waals surface area contributed by atoms with Crippen molar-refractivity contribution in [1.82, 2.24) is 0 Å². The SMILES string of the molecule is CC(C)COP(=O)(c1ccc(N(C)C)cc1)C(Nc1ccccc1)c1c(Cl)cccc1Cl. The van der Waals surface area contributed by atoms with Crippen molar-refractivity contribution in [3.8, 4) is 0 Å². The summed E-state index contributed by atoms with van der Waals surface area (Å²) in [5.41, 5.74) is 2.36. The van der Waals surface area contributed by atoms with Crippen molar-refractivity contribution in [3.05, 3.63) is 88.4 Å². The highest BCUT2D eigenvalue weighted by molar-refractivity contribution is 7.67. The summed E-state index contributed by atoms with van der Waals surface area (Å²) in [6.07, 6.45) is 0. The van der Waals surface area contributed by atoms with Gasteiger partial charge < -0.3 is 14.7 Å². The fourth-order valence-electron chi connectivity index (χ4n) is 3.31. The van der Waals surface area contributed by atoms with E-state index in [2.05, 4.69) is 5.32 Å². The maximum Gasteiger partial charge on any atom is 0.258 e. The molecule has 0 saturated heterocycles. The number of hydrogen-bond acceptors (Lipinski definition) is 4. The third-order valence-corrected chi connectivity index (χ3v) is 8.29. The zero-order valence-electron chi connectivity index (χ0n) is 18.8. The highest BCUT2D eigenvalue weighted by atomic mass is 35.5. The standard InChI is InChI=1S/C25H29Cl2N2O2P/c1-18(2)17-31-32(30,21-15-13-20(14-16-21)29(3)4)25(28-19-9-6-5-7-10-19)24-22(26)11-8-12-23(24)27/h5-16,18,25,28H,17H2,1-4H3. The van der Waals surface area contributed by atoms with Crippen molar-refractivity contribution in [3.63, 3.8) is 0 Å². The molecule has 0 fully saturated rings. The van der Waals surface area contributed by atoms with Gasteiger partial charge in [0.15, 0.2) is 0 Å². The molecule has 0 aliphatic carbocycles. The first-order valence-corrected chi connectivity index (χ1v) is 12.9. The highest BCUT2D eigenvalue weighted by Crippen LogP contribution is 2.61. The molecule has 170 valence electrons. The van der Waals surface area contributed by atoms with Crippen LogP contribution >= 0.6 is 30.6 Å². The van der Waals surface area contributed by atoms with Gasteiger partial charge in [0.2, 0.25) is 0 Å². The van der Waals surface area contributed by atoms with Crippen molar-refractivity contribution in [2.75, 3.05) is 30.9 Å². The van der Waals surface area contributed by atoms with Gasteiger partial charge in [0.05, 0.1) is 6.61 Å². The zero-order valence-corrected chi connectivity index (χ0v) is 21.2. The van der Waals surface area contributed by atoms with Crippen LogP contribution in [0.15, 0.2) is 72.8 Å². The number of anilines is 2. The fraction of sp³-hybridized carbons (Fsp3) is 0.280. The van der Waals surface area contributed by atoms with Crippen LogP contribution in [0.4, 0.5) is 11.4 Å². The van der Waals surface area contributed by atoms with Crippen LogP contribution in [0, 0.1) is 5.92 Å². The molecule has 3 aromatic carbocycles. The molecule has 0 aromatic heterocycles. The maximum atomic E-state index is 14.8. The Bertz CT molecular complexity index is 1050. The van der Waals surface area contributed by atoms with E-state index in [0.717, 1.165) is 11.4 Å². The van der Waals surface area contributed by atoms with Gasteiger partial charge in [-0.25, -0.2) is 0 Å². The number of nitrogens with zero attached hydrogens (tertiary/aromatic N) is 1. The van der Waals surface area contributed by atoms with E-state index >= 15 is 0 Å². The van der Waals surface area contributed by atoms with Crippen LogP contribution < -0.4 is 15.5 Å². The van der Waals surface area contributed by atoms with Gasteiger partial charge in [-0.2, -0.15) is 0 Å². The summed E-state index contributed by atoms with van der Waals surface area (Å²) in [6, 6.07) is 22.5. The number of nitrogens with one attached hydrogen (secondary N) is 1. The van der Waals surface area contributed by atoms with E-state index in [0.29, 0.717) is 27.5 Å². The summed E-state index contributed by atoms with van der Waals surface area (Å²) >= 11 is 13.2. The topological polar surface area (TPSA) is 41.6 Å². The van der Waals surface area contributed by atoms with Crippen LogP contribution in [0.5, 0.6) is 0 Å². The average Bonchev–Trinajstić information content (AvgIpc) is 2.77. The van der Waals surface area contributed by atoms with Crippen molar-refractivity contribution in [2.45, 2.75) is 19.6 Å². The van der Waals surface area contributed by atoms with Gasteiger partial charge in [0.1, 0.15) is 5.78 Å². The van der Waals surface area contributed by atoms with Crippen LogP contribution in [0.25, 0.3) is 0 Å². The molecular formula is C25H29Cl2N2O2P. The van der Waals surface area contributed by atoms with Crippen LogP contribution in [0.2, 0.25) is 10.0 Å². The lowest BCUT2D eigenvalue weighted by Crippen LogP contribution is -2.22. The maximum absolute atomic E-state index is 14.8. The van der Waals surface area contributed by atoms with Crippen molar-refractivity contribution in [2.24, 2.45) is 5.92 Å². The van der Waals surface area contributed by atoms with Gasteiger partial charge in [0, 0.05) is 46.4 Å². The minimum Gasteiger partial charge on any atom is -0.378 e. The molecule has 4 nitrogen and oxygen atoms in total. The van der Waals surface area contributed by atoms with E-state index in [4.69, 9.17) is 27.7 Å². The predicted octanol–water partition coefficient (Wildman–Crippen LogP) is 7.45. The second-order valence-corrected chi connectivity index (χ2v) is 11.5. The molecule has 0 heterocycles. The molecule has 0 amide bonds. The normalized spacial score (nSPS) is 14.1. The molecule has 3 rings (SSSR count). The van der Waals surface area contributed by atoms with Gasteiger partial charge >= 0.3 is 0 Å². The third-order valence-electron chi connectivity index (χ3n) is 5.02. The Morgan fingerprint density at radius 2 is 1.50 bits per heavy atom. The number of benzene rings is 3. The number of rotatable bonds is 9. The highest BCUT2D eigenvalue weighted by Gasteiger charge is 2.40. The van der Waals surface area contributed by atoms with E-state index in [9.17, 15) is 4.57 Å². The van der Waals surface area contributed by atoms with E-state index in [1.54, 1.807) is 18.2 Å². The van der Waals surface area contributed by atoms with Gasteiger partial charge in [0.25, 0.3) is 7.37 Å². The van der Waals surface area contributed by atoms with Crippen molar-refractivity contribution >= 4 is 47.3 Å². The summed E-state index contributed by atoms with van der Waals surface area (Å²) in [7, 11) is 0.405. The van der Waals surface area contributed by atoms with E-state index in [1.807, 2.05) is 87.4 Å². The van der Waals surface area contributed by atoms with E-state index < -0.39 is 13.2 Å². The first-order chi connectivity index (χ1) is 15.2. The largest absolute Gasteiger partial charge is 0.378 e. The fourth-order valence-corrected chi connectivity index (χ4v) is 6.69. The smallest absolute Gasteiger partial charge is 0.258 e. The molecule has 0 aliphatic rings. The first-order valence-electron chi connectivity index (χ1n) is 10.5. The summed E-state index contributed by atoms with van der Waals surface area (Å²) in [5, 5.41) is 4.88. The Balaban J connectivity index is 2.19. The summed E-state index contributed by atoms with van der Waals surface area (Å²) in [4.78, 5) is 1.99. The number of hydrogen-bond donors (Lipinski definition) is 1. The summed E-state index contributed by atoms with van der Waals surface area (Å²) < 4.78 is 21.0. The Labute approximate surface area is 201 Å². The zero-order chi connectivity index (χ0) is 23.3.